The van der Waals surface area contributed by atoms with Gasteiger partial charge in [0.05, 0.1) is 6.61 Å². The standard InChI is InChI=1S/C36H58N2O/c1-3-5-7-9-10-11-12-13-15-16-18-31-22-26-35(27-23-31)39-30-32-20-24-34(25-21-32)36-37-28-33(29-38-36)19-17-14-8-6-4-2/h22-23,26-29,32,34H,3-21,24-25,30H2,1-2H3/t32-,34-. The van der Waals surface area contributed by atoms with Gasteiger partial charge in [-0.2, -0.15) is 0 Å². The van der Waals surface area contributed by atoms with E-state index in [2.05, 4.69) is 50.5 Å². The maximum atomic E-state index is 6.19. The first-order valence-corrected chi connectivity index (χ1v) is 16.8. The molecule has 39 heavy (non-hydrogen) atoms. The van der Waals surface area contributed by atoms with Crippen LogP contribution in [0.1, 0.15) is 159 Å². The van der Waals surface area contributed by atoms with E-state index in [9.17, 15) is 0 Å². The molecule has 1 aromatic heterocycles. The summed E-state index contributed by atoms with van der Waals surface area (Å²) in [6.45, 7) is 5.40. The fraction of sp³-hybridized carbons (Fsp3) is 0.722. The lowest BCUT2D eigenvalue weighted by Gasteiger charge is -2.27. The number of nitrogens with zero attached hydrogens (tertiary/aromatic N) is 2. The molecule has 0 aliphatic heterocycles. The SMILES string of the molecule is CCCCCCCCCCCCc1ccc(OC[C@H]2CC[C@H](c3ncc(CCCCCCC)cn3)CC2)cc1. The molecule has 1 saturated carbocycles. The van der Waals surface area contributed by atoms with Crippen LogP contribution in [0.3, 0.4) is 0 Å². The average molecular weight is 535 g/mol. The number of aromatic nitrogens is 2. The highest BCUT2D eigenvalue weighted by molar-refractivity contribution is 5.27. The van der Waals surface area contributed by atoms with E-state index in [1.807, 2.05) is 0 Å². The molecular formula is C36H58N2O. The van der Waals surface area contributed by atoms with Crippen LogP contribution in [0.15, 0.2) is 36.7 Å². The van der Waals surface area contributed by atoms with E-state index in [-0.39, 0.29) is 0 Å². The number of rotatable bonds is 21. The molecule has 0 saturated heterocycles. The molecular weight excluding hydrogens is 476 g/mol. The van der Waals surface area contributed by atoms with Crippen LogP contribution in [0, 0.1) is 5.92 Å². The van der Waals surface area contributed by atoms with E-state index in [1.54, 1.807) is 0 Å². The Labute approximate surface area is 241 Å². The van der Waals surface area contributed by atoms with Crippen LogP contribution in [-0.2, 0) is 12.8 Å². The summed E-state index contributed by atoms with van der Waals surface area (Å²) in [4.78, 5) is 9.51. The van der Waals surface area contributed by atoms with E-state index in [0.29, 0.717) is 11.8 Å². The van der Waals surface area contributed by atoms with Crippen LogP contribution in [-0.4, -0.2) is 16.6 Å². The molecule has 0 radical (unpaired) electrons. The van der Waals surface area contributed by atoms with E-state index >= 15 is 0 Å². The third-order valence-corrected chi connectivity index (χ3v) is 8.73. The van der Waals surface area contributed by atoms with Gasteiger partial charge in [-0.05, 0) is 80.5 Å². The Balaban J connectivity index is 1.23. The summed E-state index contributed by atoms with van der Waals surface area (Å²) in [5.74, 6) is 3.25. The molecule has 1 fully saturated rings. The molecule has 3 heteroatoms. The molecule has 1 aromatic carbocycles. The smallest absolute Gasteiger partial charge is 0.131 e. The van der Waals surface area contributed by atoms with Crippen LogP contribution in [0.5, 0.6) is 5.75 Å². The van der Waals surface area contributed by atoms with Crippen molar-refractivity contribution >= 4 is 0 Å². The summed E-state index contributed by atoms with van der Waals surface area (Å²) < 4.78 is 6.19. The maximum Gasteiger partial charge on any atom is 0.131 e. The predicted octanol–water partition coefficient (Wildman–Crippen LogP) is 10.8. The van der Waals surface area contributed by atoms with Gasteiger partial charge >= 0.3 is 0 Å². The first-order valence-electron chi connectivity index (χ1n) is 16.8. The van der Waals surface area contributed by atoms with Gasteiger partial charge in [-0.3, -0.25) is 0 Å². The number of aryl methyl sites for hydroxylation is 2. The van der Waals surface area contributed by atoms with Crippen molar-refractivity contribution in [2.24, 2.45) is 5.92 Å². The first kappa shape index (κ1) is 31.6. The molecule has 2 aromatic rings. The first-order chi connectivity index (χ1) is 19.3. The van der Waals surface area contributed by atoms with E-state index in [4.69, 9.17) is 14.7 Å². The summed E-state index contributed by atoms with van der Waals surface area (Å²) in [6, 6.07) is 8.89. The molecule has 0 unspecified atom stereocenters. The molecule has 0 amide bonds. The molecule has 0 N–H and O–H groups in total. The molecule has 3 nitrogen and oxygen atoms in total. The highest BCUT2D eigenvalue weighted by Gasteiger charge is 2.24. The lowest BCUT2D eigenvalue weighted by Crippen LogP contribution is -2.20. The van der Waals surface area contributed by atoms with E-state index < -0.39 is 0 Å². The number of hydrogen-bond acceptors (Lipinski definition) is 3. The molecule has 3 rings (SSSR count). The fourth-order valence-electron chi connectivity index (χ4n) is 6.01. The van der Waals surface area contributed by atoms with E-state index in [1.165, 1.54) is 140 Å². The molecule has 1 heterocycles. The summed E-state index contributed by atoms with van der Waals surface area (Å²) in [5.41, 5.74) is 2.75. The van der Waals surface area contributed by atoms with Gasteiger partial charge in [0.1, 0.15) is 11.6 Å². The minimum atomic E-state index is 0.518. The van der Waals surface area contributed by atoms with Gasteiger partial charge in [-0.15, -0.1) is 0 Å². The molecule has 1 aliphatic rings. The van der Waals surface area contributed by atoms with Crippen molar-refractivity contribution in [2.75, 3.05) is 6.61 Å². The van der Waals surface area contributed by atoms with Crippen LogP contribution in [0.4, 0.5) is 0 Å². The topological polar surface area (TPSA) is 35.0 Å². The third kappa shape index (κ3) is 13.3. The van der Waals surface area contributed by atoms with Crippen molar-refractivity contribution in [1.29, 1.82) is 0 Å². The van der Waals surface area contributed by atoms with Crippen molar-refractivity contribution in [1.82, 2.24) is 9.97 Å². The zero-order valence-electron chi connectivity index (χ0n) is 25.5. The largest absolute Gasteiger partial charge is 0.493 e. The molecule has 0 spiro atoms. The molecule has 218 valence electrons. The van der Waals surface area contributed by atoms with Crippen molar-refractivity contribution in [2.45, 2.75) is 155 Å². The predicted molar refractivity (Wildman–Crippen MR) is 167 cm³/mol. The lowest BCUT2D eigenvalue weighted by atomic mass is 9.82. The van der Waals surface area contributed by atoms with Crippen LogP contribution >= 0.6 is 0 Å². The summed E-state index contributed by atoms with van der Waals surface area (Å²) >= 11 is 0. The number of benzene rings is 1. The quantitative estimate of drug-likeness (QED) is 0.149. The minimum absolute atomic E-state index is 0.518. The van der Waals surface area contributed by atoms with Gasteiger partial charge in [0.25, 0.3) is 0 Å². The molecule has 0 bridgehead atoms. The summed E-state index contributed by atoms with van der Waals surface area (Å²) in [5, 5.41) is 0. The second-order valence-corrected chi connectivity index (χ2v) is 12.2. The van der Waals surface area contributed by atoms with Gasteiger partial charge in [0.15, 0.2) is 0 Å². The van der Waals surface area contributed by atoms with Crippen LogP contribution in [0.2, 0.25) is 0 Å². The number of hydrogen-bond donors (Lipinski definition) is 0. The monoisotopic (exact) mass is 534 g/mol. The van der Waals surface area contributed by atoms with Gasteiger partial charge in [-0.1, -0.05) is 109 Å². The highest BCUT2D eigenvalue weighted by atomic mass is 16.5. The van der Waals surface area contributed by atoms with Gasteiger partial charge in [0.2, 0.25) is 0 Å². The van der Waals surface area contributed by atoms with Crippen molar-refractivity contribution in [3.63, 3.8) is 0 Å². The molecule has 0 atom stereocenters. The average Bonchev–Trinajstić information content (AvgIpc) is 2.98. The minimum Gasteiger partial charge on any atom is -0.493 e. The lowest BCUT2D eigenvalue weighted by molar-refractivity contribution is 0.198. The van der Waals surface area contributed by atoms with Crippen LogP contribution in [0.25, 0.3) is 0 Å². The third-order valence-electron chi connectivity index (χ3n) is 8.73. The Morgan fingerprint density at radius 2 is 1.08 bits per heavy atom. The summed E-state index contributed by atoms with van der Waals surface area (Å²) in [7, 11) is 0. The maximum absolute atomic E-state index is 6.19. The Bertz CT molecular complexity index is 839. The fourth-order valence-corrected chi connectivity index (χ4v) is 6.01. The van der Waals surface area contributed by atoms with Gasteiger partial charge in [-0.25, -0.2) is 9.97 Å². The van der Waals surface area contributed by atoms with Gasteiger partial charge < -0.3 is 4.74 Å². The second kappa shape index (κ2) is 20.0. The number of unbranched alkanes of at least 4 members (excludes halogenated alkanes) is 13. The zero-order chi connectivity index (χ0) is 27.4. The van der Waals surface area contributed by atoms with E-state index in [0.717, 1.165) is 24.6 Å². The van der Waals surface area contributed by atoms with Crippen molar-refractivity contribution < 1.29 is 4.74 Å². The van der Waals surface area contributed by atoms with Crippen molar-refractivity contribution in [3.8, 4) is 5.75 Å². The Morgan fingerprint density at radius 3 is 1.62 bits per heavy atom. The zero-order valence-corrected chi connectivity index (χ0v) is 25.5. The van der Waals surface area contributed by atoms with Crippen LogP contribution < -0.4 is 4.74 Å². The normalized spacial score (nSPS) is 17.4. The van der Waals surface area contributed by atoms with Gasteiger partial charge in [0, 0.05) is 18.3 Å². The highest BCUT2D eigenvalue weighted by Crippen LogP contribution is 2.34. The Morgan fingerprint density at radius 1 is 0.590 bits per heavy atom. The Kier molecular flexibility index (Phi) is 16.3. The summed E-state index contributed by atoms with van der Waals surface area (Å²) in [6.07, 6.45) is 31.8. The molecule has 1 aliphatic carbocycles. The Hall–Kier alpha value is -1.90. The second-order valence-electron chi connectivity index (χ2n) is 12.2. The van der Waals surface area contributed by atoms with Crippen molar-refractivity contribution in [3.05, 3.63) is 53.6 Å². The number of ether oxygens (including phenoxy) is 1.